The van der Waals surface area contributed by atoms with Crippen molar-refractivity contribution in [3.05, 3.63) is 75.5 Å². The van der Waals surface area contributed by atoms with Crippen LogP contribution in [0.4, 0.5) is 11.6 Å². The van der Waals surface area contributed by atoms with Crippen LogP contribution in [0, 0.1) is 10.1 Å². The Morgan fingerprint density at radius 1 is 1.27 bits per heavy atom. The molecule has 0 aliphatic carbocycles. The second-order valence-corrected chi connectivity index (χ2v) is 6.71. The van der Waals surface area contributed by atoms with E-state index in [1.165, 1.54) is 12.1 Å². The third-order valence-electron chi connectivity index (χ3n) is 4.86. The molecule has 3 N–H and O–H groups in total. The van der Waals surface area contributed by atoms with Gasteiger partial charge in [0.15, 0.2) is 5.82 Å². The Labute approximate surface area is 171 Å². The highest BCUT2D eigenvalue weighted by atomic mass is 16.6. The number of carbonyl (C=O) groups is 1. The van der Waals surface area contributed by atoms with Gasteiger partial charge in [-0.2, -0.15) is 4.98 Å². The lowest BCUT2D eigenvalue weighted by Gasteiger charge is -2.27. The van der Waals surface area contributed by atoms with Gasteiger partial charge < -0.3 is 15.8 Å². The summed E-state index contributed by atoms with van der Waals surface area (Å²) in [7, 11) is 1.57. The molecule has 1 amide bonds. The number of carbonyl (C=O) groups excluding carboxylic acids is 1. The van der Waals surface area contributed by atoms with Crippen molar-refractivity contribution in [1.82, 2.24) is 14.8 Å². The number of nitrogens with zero attached hydrogens (tertiary/aromatic N) is 4. The number of benzene rings is 2. The molecule has 0 radical (unpaired) electrons. The van der Waals surface area contributed by atoms with Crippen molar-refractivity contribution in [1.29, 1.82) is 0 Å². The Morgan fingerprint density at radius 2 is 2.00 bits per heavy atom. The fourth-order valence-corrected chi connectivity index (χ4v) is 3.45. The van der Waals surface area contributed by atoms with E-state index in [9.17, 15) is 14.9 Å². The fourth-order valence-electron chi connectivity index (χ4n) is 3.45. The number of hydrogen-bond acceptors (Lipinski definition) is 7. The zero-order valence-electron chi connectivity index (χ0n) is 16.2. The molecule has 152 valence electrons. The molecule has 0 bridgehead atoms. The molecule has 2 aromatic carbocycles. The SMILES string of the molecule is COc1ccc(C2C(C(N)=O)=C(C)Nc3nc(-c4cccc([N+](=O)[O-])c4)nn32)cc1. The first-order valence-electron chi connectivity index (χ1n) is 9.02. The van der Waals surface area contributed by atoms with Gasteiger partial charge >= 0.3 is 0 Å². The Hall–Kier alpha value is -4.21. The van der Waals surface area contributed by atoms with Gasteiger partial charge in [0.2, 0.25) is 11.9 Å². The van der Waals surface area contributed by atoms with Crippen LogP contribution in [-0.2, 0) is 4.79 Å². The molecule has 4 rings (SSSR count). The quantitative estimate of drug-likeness (QED) is 0.490. The van der Waals surface area contributed by atoms with Crippen LogP contribution in [0.3, 0.4) is 0 Å². The monoisotopic (exact) mass is 406 g/mol. The van der Waals surface area contributed by atoms with Gasteiger partial charge in [-0.15, -0.1) is 5.10 Å². The Kier molecular flexibility index (Phi) is 4.66. The number of non-ortho nitro benzene ring substituents is 1. The van der Waals surface area contributed by atoms with Crippen molar-refractivity contribution < 1.29 is 14.5 Å². The maximum atomic E-state index is 12.2. The van der Waals surface area contributed by atoms with E-state index in [1.807, 2.05) is 12.1 Å². The molecule has 1 aliphatic heterocycles. The van der Waals surface area contributed by atoms with Crippen LogP contribution >= 0.6 is 0 Å². The number of hydrogen-bond donors (Lipinski definition) is 2. The summed E-state index contributed by atoms with van der Waals surface area (Å²) in [5.74, 6) is 0.780. The minimum Gasteiger partial charge on any atom is -0.497 e. The highest BCUT2D eigenvalue weighted by molar-refractivity contribution is 5.95. The number of rotatable bonds is 5. The van der Waals surface area contributed by atoms with Crippen molar-refractivity contribution in [3.8, 4) is 17.1 Å². The molecule has 30 heavy (non-hydrogen) atoms. The van der Waals surface area contributed by atoms with Gasteiger partial charge in [0.1, 0.15) is 11.8 Å². The molecule has 2 heterocycles. The van der Waals surface area contributed by atoms with Crippen molar-refractivity contribution in [2.45, 2.75) is 13.0 Å². The molecule has 0 saturated carbocycles. The number of nitrogens with two attached hydrogens (primary N) is 1. The summed E-state index contributed by atoms with van der Waals surface area (Å²) in [6.07, 6.45) is 0. The molecule has 0 saturated heterocycles. The van der Waals surface area contributed by atoms with E-state index in [4.69, 9.17) is 10.5 Å². The third-order valence-corrected chi connectivity index (χ3v) is 4.86. The van der Waals surface area contributed by atoms with Gasteiger partial charge in [0, 0.05) is 23.4 Å². The highest BCUT2D eigenvalue weighted by Gasteiger charge is 2.33. The number of nitro benzene ring substituents is 1. The highest BCUT2D eigenvalue weighted by Crippen LogP contribution is 2.36. The normalized spacial score (nSPS) is 15.3. The largest absolute Gasteiger partial charge is 0.497 e. The second kappa shape index (κ2) is 7.32. The lowest BCUT2D eigenvalue weighted by Crippen LogP contribution is -2.31. The van der Waals surface area contributed by atoms with Gasteiger partial charge in [-0.25, -0.2) is 4.68 Å². The molecular formula is C20H18N6O4. The van der Waals surface area contributed by atoms with Crippen LogP contribution in [0.25, 0.3) is 11.4 Å². The lowest BCUT2D eigenvalue weighted by atomic mass is 9.95. The minimum atomic E-state index is -0.607. The Balaban J connectivity index is 1.85. The summed E-state index contributed by atoms with van der Waals surface area (Å²) in [5.41, 5.74) is 7.77. The van der Waals surface area contributed by atoms with E-state index in [0.29, 0.717) is 34.4 Å². The summed E-state index contributed by atoms with van der Waals surface area (Å²) in [6.45, 7) is 1.74. The average molecular weight is 406 g/mol. The lowest BCUT2D eigenvalue weighted by molar-refractivity contribution is -0.384. The van der Waals surface area contributed by atoms with E-state index in [0.717, 1.165) is 5.56 Å². The number of allylic oxidation sites excluding steroid dienone is 1. The van der Waals surface area contributed by atoms with Crippen LogP contribution in [-0.4, -0.2) is 32.7 Å². The number of amides is 1. The van der Waals surface area contributed by atoms with Crippen molar-refractivity contribution in [2.75, 3.05) is 12.4 Å². The summed E-state index contributed by atoms with van der Waals surface area (Å²) in [6, 6.07) is 12.7. The average Bonchev–Trinajstić information content (AvgIpc) is 3.16. The first kappa shape index (κ1) is 19.1. The maximum absolute atomic E-state index is 12.2. The molecular weight excluding hydrogens is 388 g/mol. The maximum Gasteiger partial charge on any atom is 0.270 e. The van der Waals surface area contributed by atoms with Crippen LogP contribution in [0.5, 0.6) is 5.75 Å². The molecule has 1 aromatic heterocycles. The van der Waals surface area contributed by atoms with E-state index < -0.39 is 16.9 Å². The number of primary amides is 1. The van der Waals surface area contributed by atoms with Crippen LogP contribution < -0.4 is 15.8 Å². The molecule has 10 heteroatoms. The predicted molar refractivity (Wildman–Crippen MR) is 109 cm³/mol. The predicted octanol–water partition coefficient (Wildman–Crippen LogP) is 2.64. The van der Waals surface area contributed by atoms with Crippen molar-refractivity contribution in [3.63, 3.8) is 0 Å². The minimum absolute atomic E-state index is 0.0629. The number of methoxy groups -OCH3 is 1. The van der Waals surface area contributed by atoms with Crippen molar-refractivity contribution in [2.24, 2.45) is 5.73 Å². The fraction of sp³-hybridized carbons (Fsp3) is 0.150. The number of aromatic nitrogens is 3. The molecule has 10 nitrogen and oxygen atoms in total. The third kappa shape index (κ3) is 3.24. The number of nitrogens with one attached hydrogen (secondary N) is 1. The smallest absolute Gasteiger partial charge is 0.270 e. The number of ether oxygens (including phenoxy) is 1. The van der Waals surface area contributed by atoms with E-state index in [2.05, 4.69) is 15.4 Å². The zero-order valence-corrected chi connectivity index (χ0v) is 16.2. The first-order valence-corrected chi connectivity index (χ1v) is 9.02. The second-order valence-electron chi connectivity index (χ2n) is 6.71. The van der Waals surface area contributed by atoms with Crippen LogP contribution in [0.1, 0.15) is 18.5 Å². The summed E-state index contributed by atoms with van der Waals surface area (Å²) >= 11 is 0. The molecule has 1 unspecified atom stereocenters. The number of nitro groups is 1. The summed E-state index contributed by atoms with van der Waals surface area (Å²) < 4.78 is 6.77. The number of anilines is 1. The van der Waals surface area contributed by atoms with Crippen molar-refractivity contribution >= 4 is 17.5 Å². The van der Waals surface area contributed by atoms with E-state index in [-0.39, 0.29) is 5.69 Å². The van der Waals surface area contributed by atoms with Crippen LogP contribution in [0.15, 0.2) is 59.8 Å². The van der Waals surface area contributed by atoms with Crippen LogP contribution in [0.2, 0.25) is 0 Å². The topological polar surface area (TPSA) is 138 Å². The van der Waals surface area contributed by atoms with E-state index in [1.54, 1.807) is 43.0 Å². The van der Waals surface area contributed by atoms with Gasteiger partial charge in [-0.1, -0.05) is 24.3 Å². The Bertz CT molecular complexity index is 1180. The van der Waals surface area contributed by atoms with Gasteiger partial charge in [0.05, 0.1) is 17.6 Å². The van der Waals surface area contributed by atoms with Gasteiger partial charge in [-0.05, 0) is 24.6 Å². The Morgan fingerprint density at radius 3 is 2.63 bits per heavy atom. The molecule has 3 aromatic rings. The summed E-state index contributed by atoms with van der Waals surface area (Å²) in [5, 5.41) is 18.7. The molecule has 0 spiro atoms. The molecule has 0 fully saturated rings. The molecule has 1 atom stereocenters. The standard InChI is InChI=1S/C20H18N6O4/c1-11-16(18(21)27)17(12-6-8-15(30-2)9-7-12)25-20(22-11)23-19(24-25)13-4-3-5-14(10-13)26(28)29/h3-10,17H,1-2H3,(H2,21,27)(H,22,23,24). The zero-order chi connectivity index (χ0) is 21.4. The summed E-state index contributed by atoms with van der Waals surface area (Å²) in [4.78, 5) is 27.4. The molecule has 1 aliphatic rings. The van der Waals surface area contributed by atoms with E-state index >= 15 is 0 Å². The van der Waals surface area contributed by atoms with Gasteiger partial charge in [-0.3, -0.25) is 14.9 Å². The first-order chi connectivity index (χ1) is 14.4. The number of fused-ring (bicyclic) bond motifs is 1. The van der Waals surface area contributed by atoms with Gasteiger partial charge in [0.25, 0.3) is 5.69 Å².